The first-order valence-corrected chi connectivity index (χ1v) is 22.3. The van der Waals surface area contributed by atoms with E-state index in [1.54, 1.807) is 24.3 Å². The van der Waals surface area contributed by atoms with Gasteiger partial charge in [-0.2, -0.15) is 0 Å². The van der Waals surface area contributed by atoms with Gasteiger partial charge in [-0.25, -0.2) is 0 Å². The highest BCUT2D eigenvalue weighted by molar-refractivity contribution is 6.10. The molecule has 5 rings (SSSR count). The Labute approximate surface area is 389 Å². The number of anilines is 4. The van der Waals surface area contributed by atoms with Crippen LogP contribution in [0.4, 0.5) is 22.7 Å². The minimum absolute atomic E-state index is 0.104. The standard InChI is InChI=1S/C54H68N4O8/c1-29-15-31-19-35(51(3,4)5)23-39(47(31)63)55-43(59)27-45(61)57-41-25-37(53(9,10)11)21-33(49(41)65)17-30(2)18-34-22-38(54(12,13)14)26-42(50(34)66)58-46(62)28-44(60)56-40-24-36(52(6,7)8)20-32(16-29)48(40)64/h19-26,63-66H,1-2,15-18,27-28H2,3-14H3,(H,55,59)(H,56,60)(H,57,61)(H,58,62). The predicted molar refractivity (Wildman–Crippen MR) is 264 cm³/mol. The molecular weight excluding hydrogens is 833 g/mol. The summed E-state index contributed by atoms with van der Waals surface area (Å²) < 4.78 is 0. The Hall–Kier alpha value is -6.56. The molecule has 1 aliphatic rings. The van der Waals surface area contributed by atoms with E-state index in [0.29, 0.717) is 33.4 Å². The van der Waals surface area contributed by atoms with Gasteiger partial charge < -0.3 is 41.7 Å². The number of hydrogen-bond donors (Lipinski definition) is 8. The van der Waals surface area contributed by atoms with Crippen molar-refractivity contribution in [3.63, 3.8) is 0 Å². The maximum Gasteiger partial charge on any atom is 0.233 e. The fourth-order valence-electron chi connectivity index (χ4n) is 7.70. The Morgan fingerprint density at radius 1 is 0.348 bits per heavy atom. The van der Waals surface area contributed by atoms with Gasteiger partial charge in [0, 0.05) is 22.3 Å². The quantitative estimate of drug-likeness (QED) is 0.0484. The van der Waals surface area contributed by atoms with Gasteiger partial charge in [0.25, 0.3) is 0 Å². The number of allylic oxidation sites excluding steroid dienone is 2. The average Bonchev–Trinajstić information content (AvgIpc) is 3.15. The number of amides is 4. The summed E-state index contributed by atoms with van der Waals surface area (Å²) in [5, 5.41) is 57.3. The second kappa shape index (κ2) is 18.7. The summed E-state index contributed by atoms with van der Waals surface area (Å²) in [7, 11) is 0. The highest BCUT2D eigenvalue weighted by Gasteiger charge is 2.27. The normalized spacial score (nSPS) is 15.5. The monoisotopic (exact) mass is 901 g/mol. The summed E-state index contributed by atoms with van der Waals surface area (Å²) >= 11 is 0. The third kappa shape index (κ3) is 12.4. The van der Waals surface area contributed by atoms with Gasteiger partial charge in [0.15, 0.2) is 0 Å². The van der Waals surface area contributed by atoms with E-state index in [9.17, 15) is 39.6 Å². The van der Waals surface area contributed by atoms with Crippen LogP contribution in [-0.4, -0.2) is 44.1 Å². The molecule has 0 radical (unpaired) electrons. The third-order valence-corrected chi connectivity index (χ3v) is 11.7. The van der Waals surface area contributed by atoms with Gasteiger partial charge in [0.05, 0.1) is 22.7 Å². The van der Waals surface area contributed by atoms with E-state index in [1.165, 1.54) is 0 Å². The molecule has 12 nitrogen and oxygen atoms in total. The summed E-state index contributed by atoms with van der Waals surface area (Å²) in [6, 6.07) is 14.0. The lowest BCUT2D eigenvalue weighted by atomic mass is 9.83. The van der Waals surface area contributed by atoms with E-state index in [0.717, 1.165) is 22.3 Å². The molecule has 0 fully saturated rings. The SMILES string of the molecule is C=C1Cc2cc(C(C)(C)C)cc(c2O)NC(=O)CC(=O)Nc2cc(C(C)(C)C)cc(c2O)CC(=C)Cc2cc(C(C)(C)C)cc(c2O)NC(=O)CC(=O)Nc2cc(C(C)(C)C)cc(c2O)C1. The lowest BCUT2D eigenvalue weighted by Gasteiger charge is -2.24. The molecule has 0 aliphatic carbocycles. The van der Waals surface area contributed by atoms with Gasteiger partial charge in [0.2, 0.25) is 23.6 Å². The molecule has 4 aromatic carbocycles. The second-order valence-corrected chi connectivity index (χ2v) is 21.9. The second-order valence-electron chi connectivity index (χ2n) is 21.9. The zero-order valence-corrected chi connectivity index (χ0v) is 40.7. The van der Waals surface area contributed by atoms with Gasteiger partial charge in [-0.1, -0.05) is 132 Å². The number of rotatable bonds is 0. The van der Waals surface area contributed by atoms with Crippen molar-refractivity contribution in [1.29, 1.82) is 0 Å². The molecule has 0 atom stereocenters. The summed E-state index contributed by atoms with van der Waals surface area (Å²) in [4.78, 5) is 54.2. The molecule has 0 spiro atoms. The first kappa shape index (κ1) is 50.4. The van der Waals surface area contributed by atoms with Gasteiger partial charge in [-0.05, 0) is 93.9 Å². The zero-order chi connectivity index (χ0) is 49.4. The number of nitrogens with one attached hydrogen (secondary N) is 4. The van der Waals surface area contributed by atoms with Gasteiger partial charge >= 0.3 is 0 Å². The molecule has 0 unspecified atom stereocenters. The maximum absolute atomic E-state index is 13.6. The number of carbonyl (C=O) groups excluding carboxylic acids is 4. The smallest absolute Gasteiger partial charge is 0.233 e. The lowest BCUT2D eigenvalue weighted by molar-refractivity contribution is -0.125. The van der Waals surface area contributed by atoms with E-state index in [-0.39, 0.29) is 71.4 Å². The molecule has 8 N–H and O–H groups in total. The molecule has 0 saturated heterocycles. The number of phenols is 4. The summed E-state index contributed by atoms with van der Waals surface area (Å²) in [5.41, 5.74) is 4.94. The molecular formula is C54H68N4O8. The van der Waals surface area contributed by atoms with Crippen molar-refractivity contribution in [2.24, 2.45) is 0 Å². The number of hydrogen-bond acceptors (Lipinski definition) is 8. The van der Waals surface area contributed by atoms with Crippen molar-refractivity contribution in [3.05, 3.63) is 117 Å². The molecule has 0 saturated carbocycles. The van der Waals surface area contributed by atoms with Crippen LogP contribution in [0.25, 0.3) is 0 Å². The van der Waals surface area contributed by atoms with Crippen molar-refractivity contribution < 1.29 is 39.6 Å². The molecule has 4 aromatic rings. The highest BCUT2D eigenvalue weighted by Crippen LogP contribution is 2.41. The number of aromatic hydroxyl groups is 4. The first-order chi connectivity index (χ1) is 30.3. The lowest BCUT2D eigenvalue weighted by Crippen LogP contribution is -2.23. The number of fused-ring (bicyclic) bond motifs is 8. The fourth-order valence-corrected chi connectivity index (χ4v) is 7.70. The van der Waals surface area contributed by atoms with Crippen LogP contribution in [0.3, 0.4) is 0 Å². The summed E-state index contributed by atoms with van der Waals surface area (Å²) in [5.74, 6) is -3.62. The zero-order valence-electron chi connectivity index (χ0n) is 40.7. The third-order valence-electron chi connectivity index (χ3n) is 11.7. The molecule has 8 bridgehead atoms. The van der Waals surface area contributed by atoms with Crippen molar-refractivity contribution in [2.45, 2.75) is 143 Å². The maximum atomic E-state index is 13.6. The largest absolute Gasteiger partial charge is 0.505 e. The number of benzene rings is 4. The van der Waals surface area contributed by atoms with Crippen LogP contribution in [0, 0.1) is 0 Å². The first-order valence-electron chi connectivity index (χ1n) is 22.3. The van der Waals surface area contributed by atoms with E-state index in [4.69, 9.17) is 0 Å². The van der Waals surface area contributed by atoms with Crippen LogP contribution in [0.15, 0.2) is 72.8 Å². The highest BCUT2D eigenvalue weighted by atomic mass is 16.3. The molecule has 4 amide bonds. The summed E-state index contributed by atoms with van der Waals surface area (Å²) in [6.45, 7) is 32.5. The van der Waals surface area contributed by atoms with E-state index in [1.807, 2.05) is 107 Å². The molecule has 1 heterocycles. The molecule has 12 heteroatoms. The van der Waals surface area contributed by atoms with Gasteiger partial charge in [-0.3, -0.25) is 19.2 Å². The Balaban J connectivity index is 1.62. The van der Waals surface area contributed by atoms with Crippen LogP contribution in [-0.2, 0) is 66.5 Å². The molecule has 352 valence electrons. The van der Waals surface area contributed by atoms with Crippen molar-refractivity contribution in [1.82, 2.24) is 0 Å². The Kier molecular flexibility index (Phi) is 14.3. The van der Waals surface area contributed by atoms with Crippen molar-refractivity contribution in [2.75, 3.05) is 21.3 Å². The Morgan fingerprint density at radius 3 is 0.697 bits per heavy atom. The molecule has 1 aliphatic heterocycles. The van der Waals surface area contributed by atoms with Crippen LogP contribution in [0.5, 0.6) is 23.0 Å². The Morgan fingerprint density at radius 2 is 0.530 bits per heavy atom. The fraction of sp³-hybridized carbons (Fsp3) is 0.407. The van der Waals surface area contributed by atoms with E-state index in [2.05, 4.69) is 34.4 Å². The van der Waals surface area contributed by atoms with Crippen LogP contribution >= 0.6 is 0 Å². The van der Waals surface area contributed by atoms with E-state index >= 15 is 0 Å². The summed E-state index contributed by atoms with van der Waals surface area (Å²) in [6.07, 6.45) is -0.695. The minimum Gasteiger partial charge on any atom is -0.505 e. The molecule has 66 heavy (non-hydrogen) atoms. The van der Waals surface area contributed by atoms with Crippen LogP contribution < -0.4 is 21.3 Å². The predicted octanol–water partition coefficient (Wildman–Crippen LogP) is 10.6. The van der Waals surface area contributed by atoms with Gasteiger partial charge in [0.1, 0.15) is 35.8 Å². The topological polar surface area (TPSA) is 197 Å². The van der Waals surface area contributed by atoms with Crippen molar-refractivity contribution in [3.8, 4) is 23.0 Å². The minimum atomic E-state index is -0.696. The van der Waals surface area contributed by atoms with E-state index < -0.39 is 58.1 Å². The Bertz CT molecular complexity index is 2270. The van der Waals surface area contributed by atoms with Crippen molar-refractivity contribution >= 4 is 46.4 Å². The van der Waals surface area contributed by atoms with Gasteiger partial charge in [-0.15, -0.1) is 0 Å². The number of phenolic OH excluding ortho intramolecular Hbond substituents is 4. The number of carbonyl (C=O) groups is 4. The average molecular weight is 901 g/mol. The molecule has 0 aromatic heterocycles. The van der Waals surface area contributed by atoms with Crippen LogP contribution in [0.2, 0.25) is 0 Å². The van der Waals surface area contributed by atoms with Crippen LogP contribution in [0.1, 0.15) is 140 Å².